The Morgan fingerprint density at radius 3 is 2.71 bits per heavy atom. The zero-order valence-electron chi connectivity index (χ0n) is 13.5. The molecule has 1 amide bonds. The van der Waals surface area contributed by atoms with E-state index in [1.807, 2.05) is 0 Å². The van der Waals surface area contributed by atoms with Gasteiger partial charge in [0.1, 0.15) is 10.6 Å². The van der Waals surface area contributed by atoms with E-state index in [1.165, 1.54) is 33.2 Å². The summed E-state index contributed by atoms with van der Waals surface area (Å²) in [6.07, 6.45) is 1.40. The third kappa shape index (κ3) is 2.71. The molecule has 0 bridgehead atoms. The lowest BCUT2D eigenvalue weighted by Gasteiger charge is -2.08. The fourth-order valence-corrected chi connectivity index (χ4v) is 3.65. The average molecular weight is 345 g/mol. The van der Waals surface area contributed by atoms with Gasteiger partial charge in [-0.05, 0) is 18.6 Å². The van der Waals surface area contributed by atoms with Crippen LogP contribution in [-0.4, -0.2) is 34.5 Å². The second-order valence-electron chi connectivity index (χ2n) is 5.70. The summed E-state index contributed by atoms with van der Waals surface area (Å²) in [6, 6.07) is 6.31. The van der Waals surface area contributed by atoms with E-state index in [1.54, 1.807) is 39.2 Å². The molecule has 7 heteroatoms. The summed E-state index contributed by atoms with van der Waals surface area (Å²) in [5, 5.41) is 0.420. The van der Waals surface area contributed by atoms with Gasteiger partial charge in [-0.1, -0.05) is 18.2 Å². The van der Waals surface area contributed by atoms with E-state index in [0.29, 0.717) is 26.2 Å². The zero-order chi connectivity index (χ0) is 17.4. The zero-order valence-corrected chi connectivity index (χ0v) is 14.4. The number of carbonyl (C=O) groups excluding carboxylic acids is 1. The highest BCUT2D eigenvalue weighted by atomic mass is 32.1. The maximum absolute atomic E-state index is 13.8. The molecule has 24 heavy (non-hydrogen) atoms. The van der Waals surface area contributed by atoms with Gasteiger partial charge in [-0.25, -0.2) is 9.37 Å². The summed E-state index contributed by atoms with van der Waals surface area (Å²) in [7, 11) is 3.33. The lowest BCUT2D eigenvalue weighted by molar-refractivity contribution is 0.0831. The number of hydrogen-bond acceptors (Lipinski definition) is 4. The Morgan fingerprint density at radius 2 is 2.04 bits per heavy atom. The molecule has 124 valence electrons. The molecule has 0 spiro atoms. The molecule has 0 saturated heterocycles. The van der Waals surface area contributed by atoms with Crippen molar-refractivity contribution in [3.8, 4) is 0 Å². The lowest BCUT2D eigenvalue weighted by Crippen LogP contribution is -2.23. The molecular weight excluding hydrogens is 329 g/mol. The molecule has 3 aromatic rings. The highest BCUT2D eigenvalue weighted by Crippen LogP contribution is 2.27. The molecule has 1 aromatic carbocycles. The first-order valence-electron chi connectivity index (χ1n) is 7.33. The van der Waals surface area contributed by atoms with Gasteiger partial charge < -0.3 is 4.90 Å². The monoisotopic (exact) mass is 345 g/mol. The Morgan fingerprint density at radius 1 is 1.33 bits per heavy atom. The van der Waals surface area contributed by atoms with E-state index in [9.17, 15) is 14.0 Å². The number of halogens is 1. The minimum absolute atomic E-state index is 0.0979. The smallest absolute Gasteiger partial charge is 0.263 e. The van der Waals surface area contributed by atoms with Crippen molar-refractivity contribution in [1.82, 2.24) is 14.5 Å². The number of aryl methyl sites for hydroxylation is 1. The minimum atomic E-state index is -0.366. The number of nitrogens with zero attached hydrogens (tertiary/aromatic N) is 3. The fourth-order valence-electron chi connectivity index (χ4n) is 2.49. The van der Waals surface area contributed by atoms with Gasteiger partial charge in [0.25, 0.3) is 11.5 Å². The number of amides is 1. The molecule has 0 aliphatic heterocycles. The van der Waals surface area contributed by atoms with E-state index in [0.717, 1.165) is 0 Å². The first-order chi connectivity index (χ1) is 11.4. The largest absolute Gasteiger partial charge is 0.344 e. The topological polar surface area (TPSA) is 55.2 Å². The fraction of sp³-hybridized carbons (Fsp3) is 0.235. The Balaban J connectivity index is 2.11. The Bertz CT molecular complexity index is 991. The summed E-state index contributed by atoms with van der Waals surface area (Å²) in [5.41, 5.74) is 0.766. The standard InChI is InChI=1S/C17H16FN3O2S/c1-10-13-15(24-14(10)17(23)20(2)3)19-9-21(16(13)22)8-11-6-4-5-7-12(11)18/h4-7,9H,8H2,1-3H3. The first-order valence-corrected chi connectivity index (χ1v) is 8.15. The van der Waals surface area contributed by atoms with Crippen molar-refractivity contribution in [2.45, 2.75) is 13.5 Å². The van der Waals surface area contributed by atoms with Gasteiger partial charge in [-0.15, -0.1) is 11.3 Å². The van der Waals surface area contributed by atoms with E-state index < -0.39 is 0 Å². The van der Waals surface area contributed by atoms with Crippen molar-refractivity contribution in [2.75, 3.05) is 14.1 Å². The summed E-state index contributed by atoms with van der Waals surface area (Å²) < 4.78 is 15.2. The Hall–Kier alpha value is -2.54. The second kappa shape index (κ2) is 6.16. The van der Waals surface area contributed by atoms with Crippen LogP contribution in [0.3, 0.4) is 0 Å². The molecule has 0 aliphatic carbocycles. The molecule has 2 aromatic heterocycles. The quantitative estimate of drug-likeness (QED) is 0.733. The van der Waals surface area contributed by atoms with Crippen molar-refractivity contribution in [2.24, 2.45) is 0 Å². The highest BCUT2D eigenvalue weighted by Gasteiger charge is 2.20. The number of aromatic nitrogens is 2. The van der Waals surface area contributed by atoms with Crippen molar-refractivity contribution in [3.05, 3.63) is 62.8 Å². The number of carbonyl (C=O) groups is 1. The molecule has 3 rings (SSSR count). The number of benzene rings is 1. The van der Waals surface area contributed by atoms with Crippen LogP contribution >= 0.6 is 11.3 Å². The van der Waals surface area contributed by atoms with Gasteiger partial charge in [0.2, 0.25) is 0 Å². The number of rotatable bonds is 3. The minimum Gasteiger partial charge on any atom is -0.344 e. The molecule has 2 heterocycles. The van der Waals surface area contributed by atoms with Crippen molar-refractivity contribution in [3.63, 3.8) is 0 Å². The number of hydrogen-bond donors (Lipinski definition) is 0. The molecule has 0 fully saturated rings. The lowest BCUT2D eigenvalue weighted by atomic mass is 10.2. The van der Waals surface area contributed by atoms with Crippen LogP contribution in [0.4, 0.5) is 4.39 Å². The third-order valence-corrected chi connectivity index (χ3v) is 5.00. The van der Waals surface area contributed by atoms with Crippen LogP contribution in [0.15, 0.2) is 35.4 Å². The first kappa shape index (κ1) is 16.3. The SMILES string of the molecule is Cc1c(C(=O)N(C)C)sc2ncn(Cc3ccccc3F)c(=O)c12. The number of fused-ring (bicyclic) bond motifs is 1. The predicted octanol–water partition coefficient (Wildman–Crippen LogP) is 2.66. The maximum Gasteiger partial charge on any atom is 0.263 e. The molecule has 0 saturated carbocycles. The van der Waals surface area contributed by atoms with E-state index in [2.05, 4.69) is 4.98 Å². The van der Waals surface area contributed by atoms with Gasteiger partial charge in [0.05, 0.1) is 23.1 Å². The summed E-state index contributed by atoms with van der Waals surface area (Å²) in [6.45, 7) is 1.84. The maximum atomic E-state index is 13.8. The summed E-state index contributed by atoms with van der Waals surface area (Å²) in [5.74, 6) is -0.523. The van der Waals surface area contributed by atoms with Gasteiger partial charge in [-0.2, -0.15) is 0 Å². The van der Waals surface area contributed by atoms with Gasteiger partial charge in [0, 0.05) is 19.7 Å². The van der Waals surface area contributed by atoms with Crippen LogP contribution in [0.25, 0.3) is 10.2 Å². The van der Waals surface area contributed by atoms with Crippen molar-refractivity contribution >= 4 is 27.5 Å². The van der Waals surface area contributed by atoms with Gasteiger partial charge in [-0.3, -0.25) is 14.2 Å². The molecule has 0 unspecified atom stereocenters. The van der Waals surface area contributed by atoms with Crippen LogP contribution < -0.4 is 5.56 Å². The van der Waals surface area contributed by atoms with Crippen LogP contribution in [-0.2, 0) is 6.54 Å². The van der Waals surface area contributed by atoms with Gasteiger partial charge >= 0.3 is 0 Å². The molecule has 0 atom stereocenters. The third-order valence-electron chi connectivity index (χ3n) is 3.82. The van der Waals surface area contributed by atoms with E-state index >= 15 is 0 Å². The van der Waals surface area contributed by atoms with Crippen LogP contribution in [0, 0.1) is 12.7 Å². The molecule has 0 aliphatic rings. The Labute approximate surface area is 142 Å². The highest BCUT2D eigenvalue weighted by molar-refractivity contribution is 7.20. The normalized spacial score (nSPS) is 11.0. The van der Waals surface area contributed by atoms with E-state index in [-0.39, 0.29) is 23.8 Å². The Kier molecular flexibility index (Phi) is 4.19. The second-order valence-corrected chi connectivity index (χ2v) is 6.70. The number of thiophene rings is 1. The van der Waals surface area contributed by atoms with Crippen LogP contribution in [0.1, 0.15) is 20.8 Å². The van der Waals surface area contributed by atoms with Crippen LogP contribution in [0.2, 0.25) is 0 Å². The molecule has 0 N–H and O–H groups in total. The summed E-state index contributed by atoms with van der Waals surface area (Å²) in [4.78, 5) is 31.7. The van der Waals surface area contributed by atoms with Gasteiger partial charge in [0.15, 0.2) is 0 Å². The van der Waals surface area contributed by atoms with Crippen molar-refractivity contribution < 1.29 is 9.18 Å². The van der Waals surface area contributed by atoms with E-state index in [4.69, 9.17) is 0 Å². The van der Waals surface area contributed by atoms with Crippen molar-refractivity contribution in [1.29, 1.82) is 0 Å². The van der Waals surface area contributed by atoms with Crippen LogP contribution in [0.5, 0.6) is 0 Å². The molecule has 0 radical (unpaired) electrons. The molecular formula is C17H16FN3O2S. The molecule has 5 nitrogen and oxygen atoms in total. The average Bonchev–Trinajstić information content (AvgIpc) is 2.88. The summed E-state index contributed by atoms with van der Waals surface area (Å²) >= 11 is 1.20. The predicted molar refractivity (Wildman–Crippen MR) is 92.1 cm³/mol.